The third kappa shape index (κ3) is 3.25. The normalized spacial score (nSPS) is 10.3. The third-order valence-corrected chi connectivity index (χ3v) is 3.11. The molecule has 4 nitrogen and oxygen atoms in total. The zero-order valence-corrected chi connectivity index (χ0v) is 12.2. The lowest BCUT2D eigenvalue weighted by molar-refractivity contribution is 0.0601. The van der Waals surface area contributed by atoms with Crippen molar-refractivity contribution in [3.8, 4) is 11.5 Å². The molecule has 2 aromatic carbocycles. The Balaban J connectivity index is 2.42. The van der Waals surface area contributed by atoms with Crippen molar-refractivity contribution in [1.82, 2.24) is 0 Å². The van der Waals surface area contributed by atoms with E-state index in [1.54, 1.807) is 18.2 Å². The van der Waals surface area contributed by atoms with Gasteiger partial charge < -0.3 is 15.2 Å². The van der Waals surface area contributed by atoms with Crippen LogP contribution in [0.5, 0.6) is 11.5 Å². The van der Waals surface area contributed by atoms with Crippen LogP contribution in [0.4, 0.5) is 10.1 Å². The highest BCUT2D eigenvalue weighted by Gasteiger charge is 2.16. The highest BCUT2D eigenvalue weighted by atomic mass is 35.5. The Morgan fingerprint density at radius 1 is 1.24 bits per heavy atom. The molecule has 6 heteroatoms. The molecule has 0 amide bonds. The fourth-order valence-corrected chi connectivity index (χ4v) is 2.01. The van der Waals surface area contributed by atoms with Gasteiger partial charge in [-0.05, 0) is 24.6 Å². The molecule has 0 saturated carbocycles. The van der Waals surface area contributed by atoms with Crippen LogP contribution in [-0.2, 0) is 4.74 Å². The number of rotatable bonds is 3. The van der Waals surface area contributed by atoms with Crippen molar-refractivity contribution < 1.29 is 18.7 Å². The third-order valence-electron chi connectivity index (χ3n) is 2.82. The molecule has 110 valence electrons. The molecule has 0 aliphatic carbocycles. The molecule has 0 aliphatic rings. The van der Waals surface area contributed by atoms with E-state index in [-0.39, 0.29) is 22.7 Å². The minimum absolute atomic E-state index is 0.0251. The Morgan fingerprint density at radius 3 is 2.57 bits per heavy atom. The summed E-state index contributed by atoms with van der Waals surface area (Å²) in [5.41, 5.74) is 6.53. The monoisotopic (exact) mass is 309 g/mol. The number of hydrogen-bond donors (Lipinski definition) is 1. The Kier molecular flexibility index (Phi) is 4.33. The maximum absolute atomic E-state index is 13.9. The van der Waals surface area contributed by atoms with Gasteiger partial charge >= 0.3 is 5.97 Å². The number of ether oxygens (including phenoxy) is 2. The van der Waals surface area contributed by atoms with E-state index in [1.165, 1.54) is 13.2 Å². The van der Waals surface area contributed by atoms with Gasteiger partial charge in [0.15, 0.2) is 11.6 Å². The molecule has 0 heterocycles. The predicted molar refractivity (Wildman–Crippen MR) is 78.4 cm³/mol. The number of nitrogens with two attached hydrogens (primary N) is 1. The van der Waals surface area contributed by atoms with Gasteiger partial charge in [0.25, 0.3) is 0 Å². The van der Waals surface area contributed by atoms with Crippen LogP contribution in [0, 0.1) is 12.7 Å². The number of carbonyl (C=O) groups excluding carboxylic acids is 1. The summed E-state index contributed by atoms with van der Waals surface area (Å²) in [7, 11) is 1.21. The van der Waals surface area contributed by atoms with Crippen LogP contribution >= 0.6 is 11.6 Å². The van der Waals surface area contributed by atoms with Gasteiger partial charge in [-0.2, -0.15) is 0 Å². The highest BCUT2D eigenvalue weighted by Crippen LogP contribution is 2.33. The van der Waals surface area contributed by atoms with Crippen molar-refractivity contribution >= 4 is 23.3 Å². The fourth-order valence-electron chi connectivity index (χ4n) is 1.74. The lowest BCUT2D eigenvalue weighted by Gasteiger charge is -2.11. The maximum Gasteiger partial charge on any atom is 0.340 e. The largest absolute Gasteiger partial charge is 0.465 e. The minimum Gasteiger partial charge on any atom is -0.465 e. The molecule has 2 rings (SSSR count). The Labute approximate surface area is 126 Å². The van der Waals surface area contributed by atoms with Crippen LogP contribution in [0.15, 0.2) is 30.3 Å². The van der Waals surface area contributed by atoms with Crippen LogP contribution in [0.2, 0.25) is 5.02 Å². The summed E-state index contributed by atoms with van der Waals surface area (Å²) in [6, 6.07) is 7.27. The molecule has 0 aliphatic heterocycles. The summed E-state index contributed by atoms with van der Waals surface area (Å²) in [5, 5.41) is 0.339. The van der Waals surface area contributed by atoms with Crippen molar-refractivity contribution in [2.45, 2.75) is 6.92 Å². The number of aryl methyl sites for hydroxylation is 1. The number of halogens is 2. The summed E-state index contributed by atoms with van der Waals surface area (Å²) in [6.07, 6.45) is 0. The van der Waals surface area contributed by atoms with Gasteiger partial charge in [-0.1, -0.05) is 17.7 Å². The molecule has 0 radical (unpaired) electrons. The first-order chi connectivity index (χ1) is 9.92. The minimum atomic E-state index is -0.697. The van der Waals surface area contributed by atoms with Crippen LogP contribution in [0.1, 0.15) is 15.9 Å². The maximum atomic E-state index is 13.9. The molecular weight excluding hydrogens is 297 g/mol. The van der Waals surface area contributed by atoms with Crippen LogP contribution < -0.4 is 10.5 Å². The topological polar surface area (TPSA) is 61.5 Å². The fraction of sp³-hybridized carbons (Fsp3) is 0.133. The molecule has 0 spiro atoms. The molecule has 0 atom stereocenters. The second kappa shape index (κ2) is 6.01. The Bertz CT molecular complexity index is 704. The van der Waals surface area contributed by atoms with Gasteiger partial charge in [0, 0.05) is 17.8 Å². The molecule has 0 fully saturated rings. The molecule has 0 saturated heterocycles. The number of carbonyl (C=O) groups is 1. The van der Waals surface area contributed by atoms with E-state index in [9.17, 15) is 9.18 Å². The summed E-state index contributed by atoms with van der Waals surface area (Å²) < 4.78 is 23.9. The Hall–Kier alpha value is -2.27. The molecule has 0 bridgehead atoms. The SMILES string of the molecule is COC(=O)c1cc(Oc2ccc(C)cc2Cl)c(F)cc1N. The van der Waals surface area contributed by atoms with Crippen LogP contribution in [0.3, 0.4) is 0 Å². The second-order valence-electron chi connectivity index (χ2n) is 4.40. The summed E-state index contributed by atoms with van der Waals surface area (Å²) >= 11 is 6.03. The van der Waals surface area contributed by atoms with Gasteiger partial charge in [0.05, 0.1) is 17.7 Å². The lowest BCUT2D eigenvalue weighted by atomic mass is 10.1. The number of methoxy groups -OCH3 is 1. The van der Waals surface area contributed by atoms with Gasteiger partial charge in [-0.25, -0.2) is 9.18 Å². The highest BCUT2D eigenvalue weighted by molar-refractivity contribution is 6.32. The number of esters is 1. The van der Waals surface area contributed by atoms with E-state index < -0.39 is 11.8 Å². The number of benzene rings is 2. The summed E-state index contributed by atoms with van der Waals surface area (Å²) in [5.74, 6) is -1.25. The zero-order chi connectivity index (χ0) is 15.6. The lowest BCUT2D eigenvalue weighted by Crippen LogP contribution is -2.07. The van der Waals surface area contributed by atoms with Crippen molar-refractivity contribution in [3.05, 3.63) is 52.3 Å². The molecule has 0 unspecified atom stereocenters. The van der Waals surface area contributed by atoms with Crippen LogP contribution in [-0.4, -0.2) is 13.1 Å². The molecular formula is C15H13ClFNO3. The van der Waals surface area contributed by atoms with Gasteiger partial charge in [0.1, 0.15) is 5.75 Å². The first kappa shape index (κ1) is 15.1. The van der Waals surface area contributed by atoms with Crippen molar-refractivity contribution in [1.29, 1.82) is 0 Å². The number of anilines is 1. The smallest absolute Gasteiger partial charge is 0.340 e. The van der Waals surface area contributed by atoms with E-state index in [2.05, 4.69) is 4.74 Å². The average molecular weight is 310 g/mol. The molecule has 2 aromatic rings. The summed E-state index contributed by atoms with van der Waals surface area (Å²) in [4.78, 5) is 11.6. The zero-order valence-electron chi connectivity index (χ0n) is 11.4. The van der Waals surface area contributed by atoms with Crippen molar-refractivity contribution in [2.24, 2.45) is 0 Å². The van der Waals surface area contributed by atoms with E-state index in [0.29, 0.717) is 5.02 Å². The van der Waals surface area contributed by atoms with E-state index in [0.717, 1.165) is 11.6 Å². The number of nitrogen functional groups attached to an aromatic ring is 1. The summed E-state index contributed by atoms with van der Waals surface area (Å²) in [6.45, 7) is 1.87. The Morgan fingerprint density at radius 2 is 1.95 bits per heavy atom. The molecule has 0 aromatic heterocycles. The van der Waals surface area contributed by atoms with Crippen molar-refractivity contribution in [3.63, 3.8) is 0 Å². The first-order valence-corrected chi connectivity index (χ1v) is 6.41. The second-order valence-corrected chi connectivity index (χ2v) is 4.80. The van der Waals surface area contributed by atoms with Crippen LogP contribution in [0.25, 0.3) is 0 Å². The van der Waals surface area contributed by atoms with E-state index in [1.807, 2.05) is 6.92 Å². The van der Waals surface area contributed by atoms with E-state index >= 15 is 0 Å². The predicted octanol–water partition coefficient (Wildman–Crippen LogP) is 3.95. The van der Waals surface area contributed by atoms with Gasteiger partial charge in [-0.15, -0.1) is 0 Å². The van der Waals surface area contributed by atoms with Crippen molar-refractivity contribution in [2.75, 3.05) is 12.8 Å². The average Bonchev–Trinajstić information content (AvgIpc) is 2.43. The van der Waals surface area contributed by atoms with Gasteiger partial charge in [-0.3, -0.25) is 0 Å². The van der Waals surface area contributed by atoms with E-state index in [4.69, 9.17) is 22.1 Å². The van der Waals surface area contributed by atoms with Gasteiger partial charge in [0.2, 0.25) is 0 Å². The molecule has 2 N–H and O–H groups in total. The number of hydrogen-bond acceptors (Lipinski definition) is 4. The molecule has 21 heavy (non-hydrogen) atoms. The first-order valence-electron chi connectivity index (χ1n) is 6.03. The standard InChI is InChI=1S/C15H13ClFNO3/c1-8-3-4-13(10(16)5-8)21-14-6-9(15(19)20-2)12(18)7-11(14)17/h3-7H,18H2,1-2H3. The quantitative estimate of drug-likeness (QED) is 0.689.